The van der Waals surface area contributed by atoms with Crippen molar-refractivity contribution in [3.05, 3.63) is 0 Å². The summed E-state index contributed by atoms with van der Waals surface area (Å²) in [5.74, 6) is 6.89. The monoisotopic (exact) mass is 204 g/mol. The van der Waals surface area contributed by atoms with E-state index < -0.39 is 0 Å². The van der Waals surface area contributed by atoms with Crippen LogP contribution in [0.5, 0.6) is 0 Å². The van der Waals surface area contributed by atoms with Crippen LogP contribution in [0.1, 0.15) is 52.4 Å². The highest BCUT2D eigenvalue weighted by Crippen LogP contribution is 2.88. The molecule has 4 saturated carbocycles. The van der Waals surface area contributed by atoms with E-state index in [4.69, 9.17) is 0 Å². The van der Waals surface area contributed by atoms with Crippen LogP contribution >= 0.6 is 0 Å². The molecule has 4 rings (SSSR count). The molecule has 1 spiro atoms. The molecule has 4 fully saturated rings. The van der Waals surface area contributed by atoms with Gasteiger partial charge in [0, 0.05) is 0 Å². The summed E-state index contributed by atoms with van der Waals surface area (Å²) >= 11 is 0. The first-order valence-electron chi connectivity index (χ1n) is 7.24. The molecular weight excluding hydrogens is 180 g/mol. The van der Waals surface area contributed by atoms with Crippen molar-refractivity contribution < 1.29 is 0 Å². The maximum atomic E-state index is 2.48. The topological polar surface area (TPSA) is 0 Å². The zero-order valence-electron chi connectivity index (χ0n) is 10.2. The van der Waals surface area contributed by atoms with Crippen molar-refractivity contribution in [2.24, 2.45) is 40.9 Å². The Balaban J connectivity index is 1.56. The summed E-state index contributed by atoms with van der Waals surface area (Å²) in [7, 11) is 0. The van der Waals surface area contributed by atoms with Gasteiger partial charge >= 0.3 is 0 Å². The van der Waals surface area contributed by atoms with Crippen LogP contribution < -0.4 is 0 Å². The number of fused-ring (bicyclic) bond motifs is 6. The Hall–Kier alpha value is 0. The summed E-state index contributed by atoms with van der Waals surface area (Å²) in [6, 6.07) is 0. The summed E-state index contributed by atoms with van der Waals surface area (Å²) in [6.45, 7) is 4.97. The van der Waals surface area contributed by atoms with Crippen molar-refractivity contribution in [1.82, 2.24) is 0 Å². The fourth-order valence-electron chi connectivity index (χ4n) is 5.95. The lowest BCUT2D eigenvalue weighted by Gasteiger charge is -2.15. The zero-order valence-corrected chi connectivity index (χ0v) is 10.2. The second kappa shape index (κ2) is 2.63. The normalized spacial score (nSPS) is 66.0. The van der Waals surface area contributed by atoms with Gasteiger partial charge in [-0.25, -0.2) is 0 Å². The predicted molar refractivity (Wildman–Crippen MR) is 62.4 cm³/mol. The van der Waals surface area contributed by atoms with Crippen LogP contribution in [-0.2, 0) is 0 Å². The largest absolute Gasteiger partial charge is 0.0625 e. The molecule has 84 valence electrons. The minimum absolute atomic E-state index is 0.954. The molecule has 0 heterocycles. The molecule has 0 saturated heterocycles. The molecule has 0 heteroatoms. The van der Waals surface area contributed by atoms with Gasteiger partial charge in [0.15, 0.2) is 0 Å². The molecule has 0 amide bonds. The molecule has 0 aromatic carbocycles. The lowest BCUT2D eigenvalue weighted by molar-refractivity contribution is 0.367. The van der Waals surface area contributed by atoms with Crippen LogP contribution in [0.4, 0.5) is 0 Å². The van der Waals surface area contributed by atoms with E-state index in [-0.39, 0.29) is 0 Å². The van der Waals surface area contributed by atoms with Gasteiger partial charge in [-0.1, -0.05) is 26.7 Å². The summed E-state index contributed by atoms with van der Waals surface area (Å²) < 4.78 is 0. The van der Waals surface area contributed by atoms with Crippen molar-refractivity contribution in [2.75, 3.05) is 0 Å². The summed E-state index contributed by atoms with van der Waals surface area (Å²) in [5, 5.41) is 0. The van der Waals surface area contributed by atoms with Gasteiger partial charge in [-0.15, -0.1) is 0 Å². The van der Waals surface area contributed by atoms with E-state index in [9.17, 15) is 0 Å². The summed E-state index contributed by atoms with van der Waals surface area (Å²) in [6.07, 6.45) is 9.44. The Morgan fingerprint density at radius 1 is 0.667 bits per heavy atom. The maximum Gasteiger partial charge on any atom is -0.0173 e. The second-order valence-corrected chi connectivity index (χ2v) is 7.26. The van der Waals surface area contributed by atoms with Crippen LogP contribution in [0.3, 0.4) is 0 Å². The first-order chi connectivity index (χ1) is 7.24. The van der Waals surface area contributed by atoms with Crippen molar-refractivity contribution in [2.45, 2.75) is 52.4 Å². The van der Waals surface area contributed by atoms with Gasteiger partial charge in [0.25, 0.3) is 0 Å². The first kappa shape index (κ1) is 9.07. The Labute approximate surface area is 93.8 Å². The number of rotatable bonds is 0. The molecule has 0 nitrogen and oxygen atoms in total. The smallest absolute Gasteiger partial charge is 0.0173 e. The first-order valence-corrected chi connectivity index (χ1v) is 7.24. The molecule has 0 N–H and O–H groups in total. The van der Waals surface area contributed by atoms with Crippen molar-refractivity contribution in [1.29, 1.82) is 0 Å². The quantitative estimate of drug-likeness (QED) is 0.557. The summed E-state index contributed by atoms with van der Waals surface area (Å²) in [5.41, 5.74) is 0.954. The van der Waals surface area contributed by atoms with Crippen LogP contribution in [0.15, 0.2) is 0 Å². The van der Waals surface area contributed by atoms with Crippen LogP contribution in [0.25, 0.3) is 0 Å². The van der Waals surface area contributed by atoms with Crippen LogP contribution in [0.2, 0.25) is 0 Å². The number of hydrogen-bond acceptors (Lipinski definition) is 0. The Morgan fingerprint density at radius 3 is 1.53 bits per heavy atom. The molecule has 0 radical (unpaired) electrons. The summed E-state index contributed by atoms with van der Waals surface area (Å²) in [4.78, 5) is 0. The highest BCUT2D eigenvalue weighted by molar-refractivity contribution is 5.30. The van der Waals surface area contributed by atoms with Gasteiger partial charge in [0.05, 0.1) is 0 Å². The van der Waals surface area contributed by atoms with Gasteiger partial charge in [-0.05, 0) is 66.6 Å². The van der Waals surface area contributed by atoms with Crippen molar-refractivity contribution in [3.63, 3.8) is 0 Å². The average molecular weight is 204 g/mol. The fraction of sp³-hybridized carbons (Fsp3) is 1.00. The average Bonchev–Trinajstić information content (AvgIpc) is 3.05. The molecule has 0 aromatic heterocycles. The molecule has 4 aliphatic rings. The van der Waals surface area contributed by atoms with Gasteiger partial charge in [-0.3, -0.25) is 0 Å². The minimum atomic E-state index is 0.954. The lowest BCUT2D eigenvalue weighted by atomic mass is 9.91. The third kappa shape index (κ3) is 0.953. The van der Waals surface area contributed by atoms with Gasteiger partial charge < -0.3 is 0 Å². The van der Waals surface area contributed by atoms with Crippen LogP contribution in [0, 0.1) is 40.9 Å². The van der Waals surface area contributed by atoms with Crippen LogP contribution in [-0.4, -0.2) is 0 Å². The lowest BCUT2D eigenvalue weighted by Crippen LogP contribution is -2.03. The molecule has 0 bridgehead atoms. The van der Waals surface area contributed by atoms with E-state index in [1.165, 1.54) is 36.5 Å². The molecule has 15 heavy (non-hydrogen) atoms. The van der Waals surface area contributed by atoms with E-state index in [0.717, 1.165) is 17.3 Å². The van der Waals surface area contributed by atoms with Gasteiger partial charge in [0.2, 0.25) is 0 Å². The van der Waals surface area contributed by atoms with E-state index in [1.807, 2.05) is 0 Å². The predicted octanol–water partition coefficient (Wildman–Crippen LogP) is 4.10. The van der Waals surface area contributed by atoms with Gasteiger partial charge in [0.1, 0.15) is 0 Å². The molecule has 6 atom stereocenters. The minimum Gasteiger partial charge on any atom is -0.0625 e. The molecule has 0 aliphatic heterocycles. The molecule has 4 aliphatic carbocycles. The van der Waals surface area contributed by atoms with E-state index in [0.29, 0.717) is 0 Å². The maximum absolute atomic E-state index is 2.48. The second-order valence-electron chi connectivity index (χ2n) is 7.26. The SMILES string of the molecule is CC1CCC2C(C1)C21C2CCC(C)CC21. The Bertz CT molecular complexity index is 262. The third-order valence-electron chi connectivity index (χ3n) is 6.58. The molecule has 6 unspecified atom stereocenters. The Morgan fingerprint density at radius 2 is 1.13 bits per heavy atom. The van der Waals surface area contributed by atoms with E-state index in [1.54, 1.807) is 25.7 Å². The standard InChI is InChI=1S/C15H24/c1-9-3-5-11-13(7-9)15(11)12-6-4-10(2)8-14(12)15/h9-14H,3-8H2,1-2H3. The third-order valence-corrected chi connectivity index (χ3v) is 6.58. The zero-order chi connectivity index (χ0) is 10.2. The molecular formula is C15H24. The highest BCUT2D eigenvalue weighted by atomic mass is 14.9. The van der Waals surface area contributed by atoms with Crippen molar-refractivity contribution >= 4 is 0 Å². The fourth-order valence-corrected chi connectivity index (χ4v) is 5.95. The van der Waals surface area contributed by atoms with Crippen molar-refractivity contribution in [3.8, 4) is 0 Å². The van der Waals surface area contributed by atoms with E-state index in [2.05, 4.69) is 13.8 Å². The Kier molecular flexibility index (Phi) is 1.59. The van der Waals surface area contributed by atoms with E-state index >= 15 is 0 Å². The molecule has 0 aromatic rings. The highest BCUT2D eigenvalue weighted by Gasteiger charge is 2.83. The number of hydrogen-bond donors (Lipinski definition) is 0. The van der Waals surface area contributed by atoms with Gasteiger partial charge in [-0.2, -0.15) is 0 Å².